The van der Waals surface area contributed by atoms with Crippen molar-refractivity contribution in [1.82, 2.24) is 14.5 Å². The van der Waals surface area contributed by atoms with Crippen molar-refractivity contribution < 1.29 is 9.53 Å². The van der Waals surface area contributed by atoms with Crippen LogP contribution in [0.15, 0.2) is 69.0 Å². The summed E-state index contributed by atoms with van der Waals surface area (Å²) >= 11 is 1.41. The molecule has 0 aliphatic heterocycles. The zero-order valence-electron chi connectivity index (χ0n) is 13.9. The predicted molar refractivity (Wildman–Crippen MR) is 101 cm³/mol. The summed E-state index contributed by atoms with van der Waals surface area (Å²) in [4.78, 5) is 44.0. The third-order valence-corrected chi connectivity index (χ3v) is 4.62. The monoisotopic (exact) mass is 379 g/mol. The van der Waals surface area contributed by atoms with Crippen LogP contribution in [0.1, 0.15) is 16.1 Å². The molecule has 0 saturated carbocycles. The van der Waals surface area contributed by atoms with Gasteiger partial charge in [-0.05, 0) is 30.3 Å². The standard InChI is InChI=1S/C19H13N3O4S/c23-17-15-7-6-12(18(24)26-9-13-10-27-11-20-13)8-16(15)21-19(25)22(17)14-4-2-1-3-5-14/h1-8,10-11H,9H2,(H,21,25). The third kappa shape index (κ3) is 3.30. The molecule has 4 rings (SSSR count). The normalized spacial score (nSPS) is 10.8. The van der Waals surface area contributed by atoms with Crippen LogP contribution in [0.3, 0.4) is 0 Å². The number of aromatic nitrogens is 3. The van der Waals surface area contributed by atoms with Gasteiger partial charge in [-0.25, -0.2) is 19.1 Å². The molecule has 0 bridgehead atoms. The molecule has 0 amide bonds. The van der Waals surface area contributed by atoms with Crippen molar-refractivity contribution in [3.63, 3.8) is 0 Å². The molecule has 0 saturated heterocycles. The molecule has 0 aliphatic rings. The van der Waals surface area contributed by atoms with Gasteiger partial charge < -0.3 is 9.72 Å². The van der Waals surface area contributed by atoms with Gasteiger partial charge in [0.1, 0.15) is 6.61 Å². The lowest BCUT2D eigenvalue weighted by Gasteiger charge is -2.08. The van der Waals surface area contributed by atoms with E-state index in [2.05, 4.69) is 9.97 Å². The highest BCUT2D eigenvalue weighted by atomic mass is 32.1. The molecule has 0 radical (unpaired) electrons. The number of hydrogen-bond donors (Lipinski definition) is 1. The number of hydrogen-bond acceptors (Lipinski definition) is 6. The Hall–Kier alpha value is -3.52. The van der Waals surface area contributed by atoms with Gasteiger partial charge >= 0.3 is 11.7 Å². The summed E-state index contributed by atoms with van der Waals surface area (Å²) in [5, 5.41) is 2.09. The zero-order chi connectivity index (χ0) is 18.8. The largest absolute Gasteiger partial charge is 0.456 e. The lowest BCUT2D eigenvalue weighted by molar-refractivity contribution is 0.0468. The second-order valence-electron chi connectivity index (χ2n) is 5.72. The van der Waals surface area contributed by atoms with Crippen LogP contribution in [0.4, 0.5) is 0 Å². The topological polar surface area (TPSA) is 94.0 Å². The molecule has 2 aromatic carbocycles. The van der Waals surface area contributed by atoms with Crippen LogP contribution in [0.25, 0.3) is 16.6 Å². The molecular formula is C19H13N3O4S. The highest BCUT2D eigenvalue weighted by Crippen LogP contribution is 2.13. The summed E-state index contributed by atoms with van der Waals surface area (Å²) in [5.41, 5.74) is 2.27. The van der Waals surface area contributed by atoms with E-state index in [1.54, 1.807) is 41.2 Å². The Labute approximate surface area is 156 Å². The summed E-state index contributed by atoms with van der Waals surface area (Å²) in [5.74, 6) is -0.557. The lowest BCUT2D eigenvalue weighted by atomic mass is 10.1. The van der Waals surface area contributed by atoms with E-state index in [4.69, 9.17) is 4.74 Å². The first-order chi connectivity index (χ1) is 13.1. The Morgan fingerprint density at radius 1 is 1.15 bits per heavy atom. The number of rotatable bonds is 4. The molecule has 7 nitrogen and oxygen atoms in total. The Morgan fingerprint density at radius 3 is 2.70 bits per heavy atom. The number of thiazole rings is 1. The molecule has 27 heavy (non-hydrogen) atoms. The van der Waals surface area contributed by atoms with Gasteiger partial charge in [-0.1, -0.05) is 18.2 Å². The molecule has 0 spiro atoms. The molecule has 0 fully saturated rings. The first kappa shape index (κ1) is 16.9. The first-order valence-electron chi connectivity index (χ1n) is 8.02. The molecule has 8 heteroatoms. The summed E-state index contributed by atoms with van der Waals surface area (Å²) in [7, 11) is 0. The molecular weight excluding hydrogens is 366 g/mol. The fourth-order valence-corrected chi connectivity index (χ4v) is 3.23. The maximum absolute atomic E-state index is 12.7. The number of carbonyl (C=O) groups is 1. The van der Waals surface area contributed by atoms with Gasteiger partial charge in [-0.3, -0.25) is 4.79 Å². The SMILES string of the molecule is O=C(OCc1cscn1)c1ccc2c(=O)n(-c3ccccc3)c(=O)[nH]c2c1. The third-order valence-electron chi connectivity index (χ3n) is 3.98. The van der Waals surface area contributed by atoms with Crippen molar-refractivity contribution in [3.05, 3.63) is 91.5 Å². The highest BCUT2D eigenvalue weighted by Gasteiger charge is 2.13. The van der Waals surface area contributed by atoms with E-state index in [9.17, 15) is 14.4 Å². The predicted octanol–water partition coefficient (Wildman–Crippen LogP) is 2.49. The van der Waals surface area contributed by atoms with Gasteiger partial charge in [0.05, 0.1) is 33.4 Å². The number of H-pyrrole nitrogens is 1. The van der Waals surface area contributed by atoms with E-state index in [1.165, 1.54) is 29.5 Å². The summed E-state index contributed by atoms with van der Waals surface area (Å²) < 4.78 is 6.26. The number of aromatic amines is 1. The van der Waals surface area contributed by atoms with E-state index >= 15 is 0 Å². The number of nitrogens with zero attached hydrogens (tertiary/aromatic N) is 2. The number of carbonyl (C=O) groups excluding carboxylic acids is 1. The second kappa shape index (κ2) is 7.00. The van der Waals surface area contributed by atoms with Crippen LogP contribution in [0, 0.1) is 0 Å². The van der Waals surface area contributed by atoms with Crippen LogP contribution < -0.4 is 11.2 Å². The molecule has 1 N–H and O–H groups in total. The Morgan fingerprint density at radius 2 is 1.96 bits per heavy atom. The van der Waals surface area contributed by atoms with Crippen LogP contribution in [0.5, 0.6) is 0 Å². The van der Waals surface area contributed by atoms with Crippen molar-refractivity contribution >= 4 is 28.2 Å². The van der Waals surface area contributed by atoms with E-state index < -0.39 is 17.2 Å². The van der Waals surface area contributed by atoms with Crippen LogP contribution in [-0.4, -0.2) is 20.5 Å². The van der Waals surface area contributed by atoms with Gasteiger partial charge in [0.25, 0.3) is 5.56 Å². The summed E-state index contributed by atoms with van der Waals surface area (Å²) in [6.07, 6.45) is 0. The fraction of sp³-hybridized carbons (Fsp3) is 0.0526. The minimum absolute atomic E-state index is 0.0620. The van der Waals surface area contributed by atoms with E-state index in [0.29, 0.717) is 16.8 Å². The van der Waals surface area contributed by atoms with E-state index in [1.807, 2.05) is 0 Å². The van der Waals surface area contributed by atoms with Gasteiger partial charge in [-0.2, -0.15) is 0 Å². The Balaban J connectivity index is 1.70. The average molecular weight is 379 g/mol. The molecule has 2 aromatic heterocycles. The van der Waals surface area contributed by atoms with Crippen LogP contribution in [0.2, 0.25) is 0 Å². The zero-order valence-corrected chi connectivity index (χ0v) is 14.7. The van der Waals surface area contributed by atoms with Crippen molar-refractivity contribution in [1.29, 1.82) is 0 Å². The maximum atomic E-state index is 12.7. The number of benzene rings is 2. The second-order valence-corrected chi connectivity index (χ2v) is 6.44. The summed E-state index contributed by atoms with van der Waals surface area (Å²) in [6.45, 7) is 0.0620. The molecule has 0 atom stereocenters. The first-order valence-corrected chi connectivity index (χ1v) is 8.96. The number of esters is 1. The van der Waals surface area contributed by atoms with E-state index in [0.717, 1.165) is 4.57 Å². The van der Waals surface area contributed by atoms with Crippen LogP contribution in [-0.2, 0) is 11.3 Å². The minimum Gasteiger partial charge on any atom is -0.456 e. The highest BCUT2D eigenvalue weighted by molar-refractivity contribution is 7.07. The van der Waals surface area contributed by atoms with Crippen molar-refractivity contribution in [3.8, 4) is 5.69 Å². The average Bonchev–Trinajstić information content (AvgIpc) is 3.20. The van der Waals surface area contributed by atoms with Gasteiger partial charge in [0.15, 0.2) is 0 Å². The molecule has 0 unspecified atom stereocenters. The Kier molecular flexibility index (Phi) is 4.39. The molecule has 4 aromatic rings. The lowest BCUT2D eigenvalue weighted by Crippen LogP contribution is -2.33. The Bertz CT molecular complexity index is 1230. The maximum Gasteiger partial charge on any atom is 0.338 e. The van der Waals surface area contributed by atoms with Crippen molar-refractivity contribution in [2.75, 3.05) is 0 Å². The smallest absolute Gasteiger partial charge is 0.338 e. The fourth-order valence-electron chi connectivity index (χ4n) is 2.69. The molecule has 0 aliphatic carbocycles. The number of nitrogens with one attached hydrogen (secondary N) is 1. The van der Waals surface area contributed by atoms with Gasteiger partial charge in [-0.15, -0.1) is 11.3 Å². The quantitative estimate of drug-likeness (QED) is 0.550. The van der Waals surface area contributed by atoms with Crippen LogP contribution >= 0.6 is 11.3 Å². The summed E-state index contributed by atoms with van der Waals surface area (Å²) in [6, 6.07) is 13.1. The number of fused-ring (bicyclic) bond motifs is 1. The van der Waals surface area contributed by atoms with Crippen molar-refractivity contribution in [2.24, 2.45) is 0 Å². The van der Waals surface area contributed by atoms with Crippen molar-refractivity contribution in [2.45, 2.75) is 6.61 Å². The minimum atomic E-state index is -0.577. The molecule has 134 valence electrons. The number of para-hydroxylation sites is 1. The number of ether oxygens (including phenoxy) is 1. The van der Waals surface area contributed by atoms with Gasteiger partial charge in [0.2, 0.25) is 0 Å². The van der Waals surface area contributed by atoms with Gasteiger partial charge in [0, 0.05) is 5.38 Å². The molecule has 2 heterocycles. The van der Waals surface area contributed by atoms with E-state index in [-0.39, 0.29) is 17.7 Å².